The van der Waals surface area contributed by atoms with E-state index >= 15 is 0 Å². The summed E-state index contributed by atoms with van der Waals surface area (Å²) in [7, 11) is 0. The van der Waals surface area contributed by atoms with Crippen LogP contribution in [0.3, 0.4) is 0 Å². The summed E-state index contributed by atoms with van der Waals surface area (Å²) in [6.45, 7) is 3.62. The molecule has 0 aliphatic carbocycles. The zero-order chi connectivity index (χ0) is 18.6. The number of likely N-dealkylation sites (tertiary alicyclic amines) is 1. The lowest BCUT2D eigenvalue weighted by Crippen LogP contribution is -2.33. The number of hydrogen-bond acceptors (Lipinski definition) is 5. The van der Waals surface area contributed by atoms with Crippen molar-refractivity contribution >= 4 is 5.91 Å². The van der Waals surface area contributed by atoms with Gasteiger partial charge in [-0.15, -0.1) is 10.2 Å². The van der Waals surface area contributed by atoms with E-state index in [4.69, 9.17) is 0 Å². The first kappa shape index (κ1) is 18.4. The van der Waals surface area contributed by atoms with Crippen LogP contribution in [-0.2, 0) is 11.3 Å². The molecule has 1 saturated heterocycles. The summed E-state index contributed by atoms with van der Waals surface area (Å²) in [5.41, 5.74) is 0.0292. The van der Waals surface area contributed by atoms with E-state index in [0.717, 1.165) is 12.8 Å². The third-order valence-electron chi connectivity index (χ3n) is 4.72. The Morgan fingerprint density at radius 3 is 2.81 bits per heavy atom. The van der Waals surface area contributed by atoms with E-state index in [1.54, 1.807) is 12.1 Å². The fourth-order valence-electron chi connectivity index (χ4n) is 3.10. The van der Waals surface area contributed by atoms with Crippen LogP contribution in [0.1, 0.15) is 39.0 Å². The molecule has 1 amide bonds. The highest BCUT2D eigenvalue weighted by Gasteiger charge is 2.26. The van der Waals surface area contributed by atoms with Gasteiger partial charge in [-0.1, -0.05) is 0 Å². The summed E-state index contributed by atoms with van der Waals surface area (Å²) in [5.74, 6) is 0.224. The number of hydrogen-bond donors (Lipinski definition) is 1. The Morgan fingerprint density at radius 1 is 1.27 bits per heavy atom. The van der Waals surface area contributed by atoms with E-state index in [1.165, 1.54) is 16.9 Å². The molecule has 7 nitrogen and oxygen atoms in total. The molecule has 1 aliphatic heterocycles. The van der Waals surface area contributed by atoms with Crippen LogP contribution < -0.4 is 0 Å². The summed E-state index contributed by atoms with van der Waals surface area (Å²) >= 11 is 0. The van der Waals surface area contributed by atoms with Crippen molar-refractivity contribution in [2.45, 2.75) is 51.2 Å². The Kier molecular flexibility index (Phi) is 5.61. The van der Waals surface area contributed by atoms with Gasteiger partial charge in [0.15, 0.2) is 0 Å². The quantitative estimate of drug-likeness (QED) is 0.881. The normalized spacial score (nSPS) is 20.8. The van der Waals surface area contributed by atoms with Crippen LogP contribution in [0.4, 0.5) is 4.39 Å². The number of amides is 1. The number of benzene rings is 1. The van der Waals surface area contributed by atoms with E-state index in [1.807, 2.05) is 11.8 Å². The monoisotopic (exact) mass is 361 g/mol. The Bertz CT molecular complexity index is 744. The van der Waals surface area contributed by atoms with E-state index in [0.29, 0.717) is 50.3 Å². The molecule has 1 aromatic heterocycles. The van der Waals surface area contributed by atoms with Crippen molar-refractivity contribution in [2.75, 3.05) is 13.1 Å². The summed E-state index contributed by atoms with van der Waals surface area (Å²) < 4.78 is 13.0. The molecule has 0 radical (unpaired) electrons. The van der Waals surface area contributed by atoms with Crippen LogP contribution in [0.25, 0.3) is 11.4 Å². The van der Waals surface area contributed by atoms with Gasteiger partial charge in [-0.25, -0.2) is 4.39 Å². The predicted molar refractivity (Wildman–Crippen MR) is 93.5 cm³/mol. The number of nitrogens with zero attached hydrogens (tertiary/aromatic N) is 5. The molecule has 0 bridgehead atoms. The average Bonchev–Trinajstić information content (AvgIpc) is 2.99. The van der Waals surface area contributed by atoms with Gasteiger partial charge < -0.3 is 10.0 Å². The predicted octanol–water partition coefficient (Wildman–Crippen LogP) is 2.02. The fraction of sp³-hybridized carbons (Fsp3) is 0.556. The van der Waals surface area contributed by atoms with Gasteiger partial charge in [0.2, 0.25) is 11.7 Å². The third kappa shape index (κ3) is 4.85. The molecule has 1 unspecified atom stereocenters. The van der Waals surface area contributed by atoms with Crippen molar-refractivity contribution in [1.82, 2.24) is 25.1 Å². The minimum atomic E-state index is -0.670. The average molecular weight is 361 g/mol. The van der Waals surface area contributed by atoms with Gasteiger partial charge in [0.25, 0.3) is 0 Å². The summed E-state index contributed by atoms with van der Waals surface area (Å²) in [5, 5.41) is 22.3. The van der Waals surface area contributed by atoms with E-state index in [9.17, 15) is 14.3 Å². The summed E-state index contributed by atoms with van der Waals surface area (Å²) in [4.78, 5) is 15.6. The molecule has 0 spiro atoms. The second-order valence-corrected chi connectivity index (χ2v) is 7.05. The molecule has 2 aromatic rings. The number of rotatable bonds is 5. The van der Waals surface area contributed by atoms with Crippen LogP contribution in [-0.4, -0.2) is 54.8 Å². The van der Waals surface area contributed by atoms with Gasteiger partial charge in [0.1, 0.15) is 5.82 Å². The maximum absolute atomic E-state index is 13.0. The van der Waals surface area contributed by atoms with Gasteiger partial charge >= 0.3 is 0 Å². The van der Waals surface area contributed by atoms with Crippen molar-refractivity contribution in [3.05, 3.63) is 30.1 Å². The molecule has 2 heterocycles. The Hall–Kier alpha value is -2.35. The highest BCUT2D eigenvalue weighted by atomic mass is 19.1. The van der Waals surface area contributed by atoms with E-state index < -0.39 is 5.60 Å². The zero-order valence-corrected chi connectivity index (χ0v) is 14.9. The van der Waals surface area contributed by atoms with Gasteiger partial charge in [0.05, 0.1) is 12.1 Å². The van der Waals surface area contributed by atoms with Crippen molar-refractivity contribution in [3.63, 3.8) is 0 Å². The maximum atomic E-state index is 13.0. The number of aromatic nitrogens is 4. The lowest BCUT2D eigenvalue weighted by molar-refractivity contribution is -0.131. The summed E-state index contributed by atoms with van der Waals surface area (Å²) in [6, 6.07) is 5.92. The molecule has 3 rings (SSSR count). The first-order chi connectivity index (χ1) is 12.4. The molecule has 26 heavy (non-hydrogen) atoms. The lowest BCUT2D eigenvalue weighted by Gasteiger charge is -2.22. The van der Waals surface area contributed by atoms with Crippen molar-refractivity contribution in [1.29, 1.82) is 0 Å². The smallest absolute Gasteiger partial charge is 0.222 e. The highest BCUT2D eigenvalue weighted by Crippen LogP contribution is 2.22. The number of aliphatic hydroxyl groups is 1. The largest absolute Gasteiger partial charge is 0.390 e. The molecule has 1 aliphatic rings. The second-order valence-electron chi connectivity index (χ2n) is 7.05. The topological polar surface area (TPSA) is 84.1 Å². The van der Waals surface area contributed by atoms with Gasteiger partial charge in [-0.05, 0) is 62.1 Å². The van der Waals surface area contributed by atoms with Crippen LogP contribution in [0.2, 0.25) is 0 Å². The van der Waals surface area contributed by atoms with Crippen LogP contribution in [0.15, 0.2) is 24.3 Å². The Labute approximate surface area is 151 Å². The molecule has 8 heteroatoms. The molecule has 140 valence electrons. The number of halogens is 1. The minimum absolute atomic E-state index is 0.0987. The molecule has 0 saturated carbocycles. The number of carbonyl (C=O) groups excluding carboxylic acids is 1. The molecular formula is C18H24FN5O2. The zero-order valence-electron chi connectivity index (χ0n) is 14.9. The van der Waals surface area contributed by atoms with E-state index in [-0.39, 0.29) is 11.7 Å². The molecule has 1 aromatic carbocycles. The van der Waals surface area contributed by atoms with Gasteiger partial charge in [0, 0.05) is 25.1 Å². The first-order valence-corrected chi connectivity index (χ1v) is 8.97. The SMILES string of the molecule is CC1(O)CCCN(C(=O)CCCn2nnc(-c3ccc(F)cc3)n2)CC1. The van der Waals surface area contributed by atoms with Gasteiger partial charge in [-0.3, -0.25) is 4.79 Å². The van der Waals surface area contributed by atoms with E-state index in [2.05, 4.69) is 15.4 Å². The maximum Gasteiger partial charge on any atom is 0.222 e. The number of tetrazole rings is 1. The van der Waals surface area contributed by atoms with Crippen LogP contribution in [0.5, 0.6) is 0 Å². The van der Waals surface area contributed by atoms with Crippen LogP contribution >= 0.6 is 0 Å². The summed E-state index contributed by atoms with van der Waals surface area (Å²) in [6.07, 6.45) is 3.20. The Balaban J connectivity index is 1.47. The van der Waals surface area contributed by atoms with Crippen LogP contribution in [0, 0.1) is 5.82 Å². The van der Waals surface area contributed by atoms with Crippen molar-refractivity contribution < 1.29 is 14.3 Å². The third-order valence-corrected chi connectivity index (χ3v) is 4.72. The fourth-order valence-corrected chi connectivity index (χ4v) is 3.10. The number of carbonyl (C=O) groups is 1. The van der Waals surface area contributed by atoms with Gasteiger partial charge in [-0.2, -0.15) is 4.80 Å². The molecule has 1 N–H and O–H groups in total. The second kappa shape index (κ2) is 7.90. The lowest BCUT2D eigenvalue weighted by atomic mass is 9.98. The molecule has 1 fully saturated rings. The highest BCUT2D eigenvalue weighted by molar-refractivity contribution is 5.76. The minimum Gasteiger partial charge on any atom is -0.390 e. The first-order valence-electron chi connectivity index (χ1n) is 8.97. The Morgan fingerprint density at radius 2 is 2.04 bits per heavy atom. The standard InChI is InChI=1S/C18H24FN5O2/c1-18(26)9-3-11-23(13-10-18)16(25)4-2-12-24-21-17(20-22-24)14-5-7-15(19)8-6-14/h5-8,26H,2-4,9-13H2,1H3. The molecule has 1 atom stereocenters. The number of aryl methyl sites for hydroxylation is 1. The van der Waals surface area contributed by atoms with Crippen molar-refractivity contribution in [2.24, 2.45) is 0 Å². The molecular weight excluding hydrogens is 337 g/mol. The van der Waals surface area contributed by atoms with Crippen molar-refractivity contribution in [3.8, 4) is 11.4 Å².